The summed E-state index contributed by atoms with van der Waals surface area (Å²) < 4.78 is 5.66. The molecule has 1 unspecified atom stereocenters. The molecule has 20 heavy (non-hydrogen) atoms. The van der Waals surface area contributed by atoms with Crippen LogP contribution in [0.3, 0.4) is 0 Å². The Bertz CT molecular complexity index is 420. The van der Waals surface area contributed by atoms with Crippen molar-refractivity contribution in [1.29, 1.82) is 0 Å². The Kier molecular flexibility index (Phi) is 6.99. The minimum Gasteiger partial charge on any atom is -0.375 e. The Balaban J connectivity index is 0.00000200. The highest BCUT2D eigenvalue weighted by molar-refractivity contribution is 5.94. The number of hydrogen-bond acceptors (Lipinski definition) is 3. The Morgan fingerprint density at radius 2 is 2.10 bits per heavy atom. The minimum atomic E-state index is 0. The number of carbonyl (C=O) groups is 1. The summed E-state index contributed by atoms with van der Waals surface area (Å²) in [5.41, 5.74) is 7.33. The van der Waals surface area contributed by atoms with Crippen molar-refractivity contribution < 1.29 is 9.53 Å². The molecular weight excluding hydrogens is 276 g/mol. The maximum Gasteiger partial charge on any atom is 0.254 e. The van der Waals surface area contributed by atoms with Crippen LogP contribution in [0.5, 0.6) is 0 Å². The van der Waals surface area contributed by atoms with E-state index in [4.69, 9.17) is 10.5 Å². The van der Waals surface area contributed by atoms with Gasteiger partial charge >= 0.3 is 0 Å². The van der Waals surface area contributed by atoms with E-state index in [2.05, 4.69) is 6.92 Å². The Morgan fingerprint density at radius 1 is 1.40 bits per heavy atom. The quantitative estimate of drug-likeness (QED) is 0.927. The van der Waals surface area contributed by atoms with Crippen molar-refractivity contribution in [2.24, 2.45) is 5.73 Å². The second-order valence-corrected chi connectivity index (χ2v) is 4.93. The van der Waals surface area contributed by atoms with Gasteiger partial charge in [-0.1, -0.05) is 25.5 Å². The van der Waals surface area contributed by atoms with E-state index in [1.54, 1.807) is 0 Å². The molecule has 1 aromatic rings. The third-order valence-corrected chi connectivity index (χ3v) is 3.47. The molecule has 1 aliphatic rings. The number of carbonyl (C=O) groups excluding carboxylic acids is 1. The largest absolute Gasteiger partial charge is 0.375 e. The van der Waals surface area contributed by atoms with Crippen LogP contribution in [-0.2, 0) is 11.3 Å². The molecule has 1 aromatic carbocycles. The van der Waals surface area contributed by atoms with E-state index in [-0.39, 0.29) is 24.4 Å². The number of halogens is 1. The van der Waals surface area contributed by atoms with Gasteiger partial charge in [0.15, 0.2) is 0 Å². The van der Waals surface area contributed by atoms with E-state index in [0.717, 1.165) is 24.0 Å². The fraction of sp³-hybridized carbons (Fsp3) is 0.533. The summed E-state index contributed by atoms with van der Waals surface area (Å²) >= 11 is 0. The second-order valence-electron chi connectivity index (χ2n) is 4.93. The lowest BCUT2D eigenvalue weighted by molar-refractivity contribution is -0.0250. The van der Waals surface area contributed by atoms with Crippen molar-refractivity contribution in [3.63, 3.8) is 0 Å². The van der Waals surface area contributed by atoms with Gasteiger partial charge in [-0.3, -0.25) is 4.79 Å². The molecule has 1 atom stereocenters. The second kappa shape index (κ2) is 8.25. The SMILES string of the molecule is CCCC1CN(C(=O)c2ccc(CN)cc2)CCO1.Cl. The summed E-state index contributed by atoms with van der Waals surface area (Å²) in [5, 5.41) is 0. The van der Waals surface area contributed by atoms with Gasteiger partial charge in [0.25, 0.3) is 5.91 Å². The zero-order chi connectivity index (χ0) is 13.7. The molecule has 1 fully saturated rings. The number of rotatable bonds is 4. The van der Waals surface area contributed by atoms with E-state index in [1.165, 1.54) is 0 Å². The first-order valence-electron chi connectivity index (χ1n) is 6.94. The molecular formula is C15H23ClN2O2. The molecule has 1 saturated heterocycles. The number of benzene rings is 1. The first-order valence-corrected chi connectivity index (χ1v) is 6.94. The van der Waals surface area contributed by atoms with E-state index in [0.29, 0.717) is 26.2 Å². The fourth-order valence-electron chi connectivity index (χ4n) is 2.37. The average Bonchev–Trinajstić information content (AvgIpc) is 2.47. The number of nitrogens with two attached hydrogens (primary N) is 1. The summed E-state index contributed by atoms with van der Waals surface area (Å²) in [7, 11) is 0. The summed E-state index contributed by atoms with van der Waals surface area (Å²) in [6, 6.07) is 7.54. The maximum absolute atomic E-state index is 12.4. The molecule has 1 amide bonds. The lowest BCUT2D eigenvalue weighted by Crippen LogP contribution is -2.45. The molecule has 0 saturated carbocycles. The van der Waals surface area contributed by atoms with Crippen molar-refractivity contribution in [2.75, 3.05) is 19.7 Å². The molecule has 2 rings (SSSR count). The average molecular weight is 299 g/mol. The molecule has 0 aliphatic carbocycles. The van der Waals surface area contributed by atoms with Crippen LogP contribution in [0.4, 0.5) is 0 Å². The highest BCUT2D eigenvalue weighted by Gasteiger charge is 2.24. The number of nitrogens with zero attached hydrogens (tertiary/aromatic N) is 1. The van der Waals surface area contributed by atoms with E-state index in [1.807, 2.05) is 29.2 Å². The maximum atomic E-state index is 12.4. The van der Waals surface area contributed by atoms with Crippen LogP contribution in [0.1, 0.15) is 35.7 Å². The highest BCUT2D eigenvalue weighted by atomic mass is 35.5. The minimum absolute atomic E-state index is 0. The van der Waals surface area contributed by atoms with Gasteiger partial charge in [-0.05, 0) is 24.1 Å². The fourth-order valence-corrected chi connectivity index (χ4v) is 2.37. The first-order chi connectivity index (χ1) is 9.24. The summed E-state index contributed by atoms with van der Waals surface area (Å²) in [6.45, 7) is 4.65. The molecule has 112 valence electrons. The molecule has 2 N–H and O–H groups in total. The number of ether oxygens (including phenoxy) is 1. The first kappa shape index (κ1) is 17.0. The summed E-state index contributed by atoms with van der Waals surface area (Å²) in [5.74, 6) is 0.0907. The Labute approximate surface area is 126 Å². The van der Waals surface area contributed by atoms with E-state index in [9.17, 15) is 4.79 Å². The normalized spacial score (nSPS) is 18.5. The summed E-state index contributed by atoms with van der Waals surface area (Å²) in [6.07, 6.45) is 2.28. The number of hydrogen-bond donors (Lipinski definition) is 1. The van der Waals surface area contributed by atoms with Crippen LogP contribution in [-0.4, -0.2) is 36.6 Å². The van der Waals surface area contributed by atoms with Gasteiger partial charge < -0.3 is 15.4 Å². The lowest BCUT2D eigenvalue weighted by atomic mass is 10.1. The zero-order valence-electron chi connectivity index (χ0n) is 11.9. The van der Waals surface area contributed by atoms with Crippen molar-refractivity contribution >= 4 is 18.3 Å². The van der Waals surface area contributed by atoms with Gasteiger partial charge in [0.1, 0.15) is 0 Å². The molecule has 0 radical (unpaired) electrons. The van der Waals surface area contributed by atoms with Crippen molar-refractivity contribution in [3.8, 4) is 0 Å². The number of morpholine rings is 1. The molecule has 0 aromatic heterocycles. The predicted molar refractivity (Wildman–Crippen MR) is 82.1 cm³/mol. The van der Waals surface area contributed by atoms with Crippen LogP contribution in [0, 0.1) is 0 Å². The van der Waals surface area contributed by atoms with Crippen LogP contribution >= 0.6 is 12.4 Å². The summed E-state index contributed by atoms with van der Waals surface area (Å²) in [4.78, 5) is 14.3. The third-order valence-electron chi connectivity index (χ3n) is 3.47. The van der Waals surface area contributed by atoms with Crippen molar-refractivity contribution in [2.45, 2.75) is 32.4 Å². The van der Waals surface area contributed by atoms with Gasteiger partial charge in [-0.2, -0.15) is 0 Å². The van der Waals surface area contributed by atoms with Gasteiger partial charge in [-0.25, -0.2) is 0 Å². The monoisotopic (exact) mass is 298 g/mol. The van der Waals surface area contributed by atoms with E-state index < -0.39 is 0 Å². The third kappa shape index (κ3) is 4.20. The van der Waals surface area contributed by atoms with Crippen molar-refractivity contribution in [3.05, 3.63) is 35.4 Å². The highest BCUT2D eigenvalue weighted by Crippen LogP contribution is 2.14. The van der Waals surface area contributed by atoms with Crippen molar-refractivity contribution in [1.82, 2.24) is 4.90 Å². The standard InChI is InChI=1S/C15H22N2O2.ClH/c1-2-3-14-11-17(8-9-19-14)15(18)13-6-4-12(10-16)5-7-13;/h4-7,14H,2-3,8-11,16H2,1H3;1H. The molecule has 0 bridgehead atoms. The lowest BCUT2D eigenvalue weighted by Gasteiger charge is -2.33. The van der Waals surface area contributed by atoms with Gasteiger partial charge in [0, 0.05) is 25.2 Å². The van der Waals surface area contributed by atoms with Gasteiger partial charge in [0.2, 0.25) is 0 Å². The zero-order valence-corrected chi connectivity index (χ0v) is 12.7. The molecule has 0 spiro atoms. The van der Waals surface area contributed by atoms with Gasteiger partial charge in [0.05, 0.1) is 12.7 Å². The molecule has 4 nitrogen and oxygen atoms in total. The van der Waals surface area contributed by atoms with E-state index >= 15 is 0 Å². The Hall–Kier alpha value is -1.10. The van der Waals surface area contributed by atoms with Crippen LogP contribution in [0.2, 0.25) is 0 Å². The molecule has 1 heterocycles. The predicted octanol–water partition coefficient (Wildman–Crippen LogP) is 2.21. The van der Waals surface area contributed by atoms with Crippen LogP contribution in [0.15, 0.2) is 24.3 Å². The molecule has 1 aliphatic heterocycles. The number of amides is 1. The smallest absolute Gasteiger partial charge is 0.254 e. The Morgan fingerprint density at radius 3 is 2.70 bits per heavy atom. The van der Waals surface area contributed by atoms with Crippen LogP contribution < -0.4 is 5.73 Å². The van der Waals surface area contributed by atoms with Gasteiger partial charge in [-0.15, -0.1) is 12.4 Å². The molecule has 5 heteroatoms. The topological polar surface area (TPSA) is 55.6 Å². The van der Waals surface area contributed by atoms with Crippen LogP contribution in [0.25, 0.3) is 0 Å².